The molecule has 0 bridgehead atoms. The summed E-state index contributed by atoms with van der Waals surface area (Å²) in [5.74, 6) is -0.219. The second kappa shape index (κ2) is 6.95. The van der Waals surface area contributed by atoms with E-state index < -0.39 is 19.8 Å². The molecule has 3 aromatic rings. The maximum atomic E-state index is 13.4. The number of benzene rings is 1. The van der Waals surface area contributed by atoms with Crippen molar-refractivity contribution < 1.29 is 28.3 Å². The lowest BCUT2D eigenvalue weighted by Gasteiger charge is -2.31. The number of pyridine rings is 2. The van der Waals surface area contributed by atoms with Crippen LogP contribution in [0.2, 0.25) is 0 Å². The van der Waals surface area contributed by atoms with Crippen molar-refractivity contribution in [3.8, 4) is 17.1 Å². The van der Waals surface area contributed by atoms with Crippen molar-refractivity contribution in [2.45, 2.75) is 32.1 Å². The van der Waals surface area contributed by atoms with Crippen LogP contribution in [0.1, 0.15) is 30.0 Å². The van der Waals surface area contributed by atoms with E-state index in [1.54, 1.807) is 20.1 Å². The van der Waals surface area contributed by atoms with Gasteiger partial charge in [-0.25, -0.2) is 9.78 Å². The van der Waals surface area contributed by atoms with Gasteiger partial charge in [0.15, 0.2) is 0 Å². The van der Waals surface area contributed by atoms with Crippen molar-refractivity contribution in [2.24, 2.45) is 0 Å². The number of carbonyl (C=O) groups is 1. The predicted molar refractivity (Wildman–Crippen MR) is 108 cm³/mol. The zero-order valence-electron chi connectivity index (χ0n) is 16.7. The van der Waals surface area contributed by atoms with E-state index in [0.29, 0.717) is 22.7 Å². The minimum Gasteiger partial charge on any atom is -0.566 e. The Balaban J connectivity index is 1.82. The number of rotatable bonds is 4. The molecule has 0 saturated carbocycles. The lowest BCUT2D eigenvalue weighted by Crippen LogP contribution is -2.45. The summed E-state index contributed by atoms with van der Waals surface area (Å²) >= 11 is 0. The van der Waals surface area contributed by atoms with Crippen LogP contribution in [0.3, 0.4) is 0 Å². The van der Waals surface area contributed by atoms with Crippen molar-refractivity contribution >= 4 is 25.1 Å². The average molecular weight is 440 g/mol. The zero-order chi connectivity index (χ0) is 21.9. The molecule has 0 saturated heterocycles. The molecule has 2 aliphatic heterocycles. The largest absolute Gasteiger partial charge is 0.566 e. The van der Waals surface area contributed by atoms with E-state index in [1.807, 2.05) is 24.3 Å². The van der Waals surface area contributed by atoms with Crippen molar-refractivity contribution in [3.05, 3.63) is 57.4 Å². The van der Waals surface area contributed by atoms with Crippen LogP contribution in [0.15, 0.2) is 35.1 Å². The standard InChI is InChI=1S/C21H17N2O7P/c1-3-21(30-31(26)27)14-8-16-17-12(9-23(16)19(24)13(14)10-29-20(21)25)18(28-2)11-6-4-5-7-15(11)22-17/h4-8H,3,9-10H2,1-2H3/t21-/m0/s1. The Morgan fingerprint density at radius 1 is 1.29 bits per heavy atom. The van der Waals surface area contributed by atoms with E-state index in [1.165, 1.54) is 4.57 Å². The Bertz CT molecular complexity index is 1350. The summed E-state index contributed by atoms with van der Waals surface area (Å²) in [4.78, 5) is 42.1. The zero-order valence-corrected chi connectivity index (χ0v) is 17.6. The Hall–Kier alpha value is -3.13. The van der Waals surface area contributed by atoms with Gasteiger partial charge in [-0.2, -0.15) is 0 Å². The van der Waals surface area contributed by atoms with Gasteiger partial charge in [-0.05, 0) is 29.2 Å². The number of aromatic nitrogens is 2. The van der Waals surface area contributed by atoms with Gasteiger partial charge in [-0.1, -0.05) is 19.1 Å². The van der Waals surface area contributed by atoms with Gasteiger partial charge in [0.2, 0.25) is 5.60 Å². The molecule has 1 unspecified atom stereocenters. The lowest BCUT2D eigenvalue weighted by atomic mass is 9.86. The second-order valence-electron chi connectivity index (χ2n) is 7.37. The topological polar surface area (TPSA) is 120 Å². The number of cyclic esters (lactones) is 1. The molecule has 4 heterocycles. The molecule has 31 heavy (non-hydrogen) atoms. The van der Waals surface area contributed by atoms with Gasteiger partial charge in [0.25, 0.3) is 5.56 Å². The first kappa shape index (κ1) is 19.8. The summed E-state index contributed by atoms with van der Waals surface area (Å²) in [7, 11) is -1.81. The SMILES string of the molecule is CC[C@@]1(O[P+](=O)[O-])C(=O)OCc2c1cc1n(c2=O)Cc2c-1nc1ccccc1c2OC. The van der Waals surface area contributed by atoms with Gasteiger partial charge in [-0.3, -0.25) is 4.79 Å². The lowest BCUT2D eigenvalue weighted by molar-refractivity contribution is -0.207. The van der Waals surface area contributed by atoms with E-state index in [2.05, 4.69) is 0 Å². The molecule has 2 atom stereocenters. The summed E-state index contributed by atoms with van der Waals surface area (Å²) in [6, 6.07) is 9.09. The minimum atomic E-state index is -3.37. The molecule has 0 aliphatic carbocycles. The van der Waals surface area contributed by atoms with Crippen molar-refractivity contribution in [2.75, 3.05) is 7.11 Å². The quantitative estimate of drug-likeness (QED) is 0.350. The van der Waals surface area contributed by atoms with Crippen molar-refractivity contribution in [3.63, 3.8) is 0 Å². The number of esters is 1. The molecule has 0 N–H and O–H groups in total. The molecule has 158 valence electrons. The highest BCUT2D eigenvalue weighted by Crippen LogP contribution is 2.45. The van der Waals surface area contributed by atoms with Crippen LogP contribution in [-0.4, -0.2) is 22.6 Å². The molecule has 2 aromatic heterocycles. The van der Waals surface area contributed by atoms with Gasteiger partial charge >= 0.3 is 14.2 Å². The molecular formula is C21H17N2O7P. The Morgan fingerprint density at radius 3 is 2.77 bits per heavy atom. The fourth-order valence-electron chi connectivity index (χ4n) is 4.49. The maximum Gasteiger partial charge on any atom is 0.490 e. The van der Waals surface area contributed by atoms with E-state index in [9.17, 15) is 19.0 Å². The van der Waals surface area contributed by atoms with Crippen molar-refractivity contribution in [1.29, 1.82) is 0 Å². The summed E-state index contributed by atoms with van der Waals surface area (Å²) in [6.07, 6.45) is -0.0215. The van der Waals surface area contributed by atoms with Gasteiger partial charge in [0, 0.05) is 16.5 Å². The molecule has 0 radical (unpaired) electrons. The van der Waals surface area contributed by atoms with E-state index in [4.69, 9.17) is 19.0 Å². The van der Waals surface area contributed by atoms with Gasteiger partial charge in [-0.15, -0.1) is 4.52 Å². The van der Waals surface area contributed by atoms with Crippen molar-refractivity contribution in [1.82, 2.24) is 9.55 Å². The molecule has 0 amide bonds. The second-order valence-corrected chi connectivity index (χ2v) is 8.00. The molecule has 2 aliphatic rings. The third-order valence-electron chi connectivity index (χ3n) is 5.94. The van der Waals surface area contributed by atoms with E-state index in [-0.39, 0.29) is 36.3 Å². The van der Waals surface area contributed by atoms with E-state index in [0.717, 1.165) is 10.9 Å². The number of hydrogen-bond donors (Lipinski definition) is 0. The van der Waals surface area contributed by atoms with Gasteiger partial charge in [0.1, 0.15) is 12.4 Å². The number of fused-ring (bicyclic) bond motifs is 5. The summed E-state index contributed by atoms with van der Waals surface area (Å²) in [6.45, 7) is 1.58. The highest BCUT2D eigenvalue weighted by molar-refractivity contribution is 7.30. The summed E-state index contributed by atoms with van der Waals surface area (Å²) in [5.41, 5.74) is 0.559. The number of methoxy groups -OCH3 is 1. The van der Waals surface area contributed by atoms with Gasteiger partial charge < -0.3 is 18.9 Å². The Kier molecular flexibility index (Phi) is 4.44. The fourth-order valence-corrected chi connectivity index (χ4v) is 5.05. The van der Waals surface area contributed by atoms with Crippen LogP contribution in [0, 0.1) is 0 Å². The third-order valence-corrected chi connectivity index (χ3v) is 6.41. The first-order valence-corrected chi connectivity index (χ1v) is 10.7. The maximum absolute atomic E-state index is 13.4. The first-order chi connectivity index (χ1) is 14.9. The number of para-hydroxylation sites is 1. The number of nitrogens with zero attached hydrogens (tertiary/aromatic N) is 2. The molecule has 10 heteroatoms. The molecule has 0 fully saturated rings. The van der Waals surface area contributed by atoms with Crippen LogP contribution in [0.5, 0.6) is 5.75 Å². The molecule has 5 rings (SSSR count). The monoisotopic (exact) mass is 440 g/mol. The molecule has 1 aromatic carbocycles. The highest BCUT2D eigenvalue weighted by Gasteiger charge is 2.52. The predicted octanol–water partition coefficient (Wildman–Crippen LogP) is 2.13. The first-order valence-electron chi connectivity index (χ1n) is 9.65. The average Bonchev–Trinajstić information content (AvgIpc) is 3.12. The summed E-state index contributed by atoms with van der Waals surface area (Å²) in [5, 5.41) is 0.822. The Labute approximate surface area is 177 Å². The van der Waals surface area contributed by atoms with Crippen LogP contribution >= 0.6 is 8.25 Å². The third kappa shape index (κ3) is 2.67. The smallest absolute Gasteiger partial charge is 0.490 e. The highest BCUT2D eigenvalue weighted by atomic mass is 31.1. The molecule has 0 spiro atoms. The normalized spacial score (nSPS) is 19.5. The Morgan fingerprint density at radius 2 is 2.06 bits per heavy atom. The number of ether oxygens (including phenoxy) is 2. The molecular weight excluding hydrogens is 423 g/mol. The van der Waals surface area contributed by atoms with Crippen LogP contribution in [0.4, 0.5) is 0 Å². The minimum absolute atomic E-state index is 0.0215. The van der Waals surface area contributed by atoms with Gasteiger partial charge in [0.05, 0.1) is 36.1 Å². The van der Waals surface area contributed by atoms with Crippen LogP contribution in [0.25, 0.3) is 22.3 Å². The van der Waals surface area contributed by atoms with E-state index >= 15 is 0 Å². The summed E-state index contributed by atoms with van der Waals surface area (Å²) < 4.78 is 28.8. The number of hydrogen-bond acceptors (Lipinski definition) is 8. The number of carbonyl (C=O) groups excluding carboxylic acids is 1. The van der Waals surface area contributed by atoms with Crippen LogP contribution in [-0.2, 0) is 37.4 Å². The molecule has 9 nitrogen and oxygen atoms in total. The fraction of sp³-hybridized carbons (Fsp3) is 0.286. The van der Waals surface area contributed by atoms with Crippen LogP contribution < -0.4 is 15.2 Å².